The molecule has 1 saturated heterocycles. The summed E-state index contributed by atoms with van der Waals surface area (Å²) in [7, 11) is 0. The number of piperazine rings is 1. The summed E-state index contributed by atoms with van der Waals surface area (Å²) in [5.41, 5.74) is 4.87. The van der Waals surface area contributed by atoms with Gasteiger partial charge in [-0.05, 0) is 53.9 Å². The van der Waals surface area contributed by atoms with Gasteiger partial charge in [-0.2, -0.15) is 0 Å². The monoisotopic (exact) mass is 313 g/mol. The molecule has 0 saturated carbocycles. The third-order valence-corrected chi connectivity index (χ3v) is 4.27. The summed E-state index contributed by atoms with van der Waals surface area (Å²) in [5.74, 6) is -0.204. The maximum Gasteiger partial charge on any atom is 0.123 e. The van der Waals surface area contributed by atoms with Gasteiger partial charge in [0.05, 0.1) is 0 Å². The van der Waals surface area contributed by atoms with Gasteiger partial charge in [0.25, 0.3) is 0 Å². The van der Waals surface area contributed by atoms with Crippen LogP contribution in [0.2, 0.25) is 0 Å². The molecule has 0 aliphatic carbocycles. The predicted octanol–water partition coefficient (Wildman–Crippen LogP) is 3.41. The van der Waals surface area contributed by atoms with Crippen molar-refractivity contribution in [1.29, 1.82) is 0 Å². The van der Waals surface area contributed by atoms with E-state index in [0.29, 0.717) is 0 Å². The average molecular weight is 313 g/mol. The summed E-state index contributed by atoms with van der Waals surface area (Å²) in [5, 5.41) is 6.77. The minimum atomic E-state index is -0.204. The Morgan fingerprint density at radius 3 is 2.43 bits per heavy atom. The molecule has 2 N–H and O–H groups in total. The third kappa shape index (κ3) is 4.23. The molecule has 0 aromatic heterocycles. The van der Waals surface area contributed by atoms with Crippen LogP contribution in [0.4, 0.5) is 15.8 Å². The molecule has 2 aromatic carbocycles. The van der Waals surface area contributed by atoms with E-state index in [1.165, 1.54) is 28.9 Å². The predicted molar refractivity (Wildman–Crippen MR) is 94.6 cm³/mol. The second-order valence-electron chi connectivity index (χ2n) is 5.96. The normalized spacial score (nSPS) is 14.8. The molecule has 3 nitrogen and oxygen atoms in total. The zero-order chi connectivity index (χ0) is 16.1. The van der Waals surface area contributed by atoms with E-state index >= 15 is 0 Å². The minimum absolute atomic E-state index is 0.204. The maximum atomic E-state index is 13.0. The number of hydrogen-bond donors (Lipinski definition) is 2. The average Bonchev–Trinajstić information content (AvgIpc) is 2.61. The highest BCUT2D eigenvalue weighted by molar-refractivity contribution is 5.53. The molecule has 0 spiro atoms. The molecule has 1 aliphatic rings. The lowest BCUT2D eigenvalue weighted by molar-refractivity contribution is 0.589. The Bertz CT molecular complexity index is 634. The Balaban J connectivity index is 1.73. The van der Waals surface area contributed by atoms with Crippen LogP contribution in [0.5, 0.6) is 0 Å². The van der Waals surface area contributed by atoms with Crippen LogP contribution < -0.4 is 15.5 Å². The van der Waals surface area contributed by atoms with Gasteiger partial charge in [0.15, 0.2) is 0 Å². The molecule has 122 valence electrons. The van der Waals surface area contributed by atoms with Crippen LogP contribution >= 0.6 is 0 Å². The lowest BCUT2D eigenvalue weighted by Crippen LogP contribution is -2.43. The number of rotatable bonds is 5. The number of nitrogens with one attached hydrogen (secondary N) is 2. The molecule has 1 aliphatic heterocycles. The topological polar surface area (TPSA) is 27.3 Å². The second kappa shape index (κ2) is 7.47. The molecule has 0 bridgehead atoms. The van der Waals surface area contributed by atoms with Crippen molar-refractivity contribution in [1.82, 2.24) is 5.32 Å². The number of nitrogens with zero attached hydrogens (tertiary/aromatic N) is 1. The fraction of sp³-hybridized carbons (Fsp3) is 0.368. The lowest BCUT2D eigenvalue weighted by atomic mass is 10.1. The van der Waals surface area contributed by atoms with Gasteiger partial charge in [-0.15, -0.1) is 0 Å². The molecule has 1 fully saturated rings. The molecule has 2 aromatic rings. The molecular formula is C19H24FN3. The first kappa shape index (κ1) is 15.8. The van der Waals surface area contributed by atoms with Crippen LogP contribution in [0.15, 0.2) is 42.5 Å². The Hall–Kier alpha value is -2.07. The zero-order valence-electron chi connectivity index (χ0n) is 13.6. The first-order valence-electron chi connectivity index (χ1n) is 8.32. The summed E-state index contributed by atoms with van der Waals surface area (Å²) in [6.07, 6.45) is 1.03. The van der Waals surface area contributed by atoms with Crippen LogP contribution in [0.25, 0.3) is 0 Å². The van der Waals surface area contributed by atoms with E-state index in [1.807, 2.05) is 0 Å². The molecular weight excluding hydrogens is 289 g/mol. The van der Waals surface area contributed by atoms with E-state index in [2.05, 4.69) is 40.7 Å². The van der Waals surface area contributed by atoms with E-state index in [-0.39, 0.29) is 5.82 Å². The largest absolute Gasteiger partial charge is 0.381 e. The van der Waals surface area contributed by atoms with Crippen molar-refractivity contribution in [3.8, 4) is 0 Å². The standard InChI is InChI=1S/C19H24FN3/c1-2-15-11-16(14-22-18-5-3-17(20)4-6-18)13-19(12-15)23-9-7-21-8-10-23/h3-6,11-13,21-22H,2,7-10,14H2,1H3. The molecule has 0 radical (unpaired) electrons. The number of hydrogen-bond acceptors (Lipinski definition) is 3. The van der Waals surface area contributed by atoms with Crippen LogP contribution in [-0.4, -0.2) is 26.2 Å². The first-order chi connectivity index (χ1) is 11.2. The Labute approximate surface area is 137 Å². The molecule has 0 amide bonds. The SMILES string of the molecule is CCc1cc(CNc2ccc(F)cc2)cc(N2CCNCC2)c1. The van der Waals surface area contributed by atoms with Crippen LogP contribution in [0.3, 0.4) is 0 Å². The summed E-state index contributed by atoms with van der Waals surface area (Å²) in [4.78, 5) is 2.44. The highest BCUT2D eigenvalue weighted by Gasteiger charge is 2.12. The molecule has 23 heavy (non-hydrogen) atoms. The summed E-state index contributed by atoms with van der Waals surface area (Å²) < 4.78 is 13.0. The highest BCUT2D eigenvalue weighted by Crippen LogP contribution is 2.21. The fourth-order valence-electron chi connectivity index (χ4n) is 2.93. The van der Waals surface area contributed by atoms with Gasteiger partial charge in [0, 0.05) is 44.1 Å². The smallest absolute Gasteiger partial charge is 0.123 e. The maximum absolute atomic E-state index is 13.0. The van der Waals surface area contributed by atoms with Gasteiger partial charge in [0.1, 0.15) is 5.82 Å². The Morgan fingerprint density at radius 1 is 1.04 bits per heavy atom. The van der Waals surface area contributed by atoms with Gasteiger partial charge in [-0.25, -0.2) is 4.39 Å². The van der Waals surface area contributed by atoms with E-state index in [0.717, 1.165) is 44.8 Å². The minimum Gasteiger partial charge on any atom is -0.381 e. The zero-order valence-corrected chi connectivity index (χ0v) is 13.6. The fourth-order valence-corrected chi connectivity index (χ4v) is 2.93. The number of benzene rings is 2. The summed E-state index contributed by atoms with van der Waals surface area (Å²) >= 11 is 0. The highest BCUT2D eigenvalue weighted by atomic mass is 19.1. The van der Waals surface area contributed by atoms with E-state index in [4.69, 9.17) is 0 Å². The van der Waals surface area contributed by atoms with Gasteiger partial charge < -0.3 is 15.5 Å². The van der Waals surface area contributed by atoms with Gasteiger partial charge in [0.2, 0.25) is 0 Å². The van der Waals surface area contributed by atoms with Crippen LogP contribution in [0.1, 0.15) is 18.1 Å². The van der Waals surface area contributed by atoms with Crippen LogP contribution in [0, 0.1) is 5.82 Å². The number of halogens is 1. The van der Waals surface area contributed by atoms with E-state index in [9.17, 15) is 4.39 Å². The van der Waals surface area contributed by atoms with Crippen molar-refractivity contribution >= 4 is 11.4 Å². The van der Waals surface area contributed by atoms with Crippen molar-refractivity contribution < 1.29 is 4.39 Å². The van der Waals surface area contributed by atoms with E-state index < -0.39 is 0 Å². The van der Waals surface area contributed by atoms with Crippen molar-refractivity contribution in [2.45, 2.75) is 19.9 Å². The third-order valence-electron chi connectivity index (χ3n) is 4.27. The second-order valence-corrected chi connectivity index (χ2v) is 5.96. The van der Waals surface area contributed by atoms with Crippen molar-refractivity contribution in [3.63, 3.8) is 0 Å². The van der Waals surface area contributed by atoms with Gasteiger partial charge in [-0.1, -0.05) is 13.0 Å². The molecule has 0 unspecified atom stereocenters. The van der Waals surface area contributed by atoms with Gasteiger partial charge >= 0.3 is 0 Å². The Kier molecular flexibility index (Phi) is 5.13. The van der Waals surface area contributed by atoms with E-state index in [1.54, 1.807) is 12.1 Å². The van der Waals surface area contributed by atoms with Crippen LogP contribution in [-0.2, 0) is 13.0 Å². The summed E-state index contributed by atoms with van der Waals surface area (Å²) in [6, 6.07) is 13.3. The Morgan fingerprint density at radius 2 is 1.74 bits per heavy atom. The van der Waals surface area contributed by atoms with Crippen molar-refractivity contribution in [3.05, 3.63) is 59.4 Å². The molecule has 0 atom stereocenters. The quantitative estimate of drug-likeness (QED) is 0.886. The first-order valence-corrected chi connectivity index (χ1v) is 8.32. The summed E-state index contributed by atoms with van der Waals surface area (Å²) in [6.45, 7) is 7.13. The molecule has 4 heteroatoms. The number of aryl methyl sites for hydroxylation is 1. The van der Waals surface area contributed by atoms with Crippen molar-refractivity contribution in [2.24, 2.45) is 0 Å². The van der Waals surface area contributed by atoms with Crippen molar-refractivity contribution in [2.75, 3.05) is 36.4 Å². The van der Waals surface area contributed by atoms with Gasteiger partial charge in [-0.3, -0.25) is 0 Å². The molecule has 3 rings (SSSR count). The molecule has 1 heterocycles. The number of anilines is 2. The lowest BCUT2D eigenvalue weighted by Gasteiger charge is -2.30.